The van der Waals surface area contributed by atoms with Crippen LogP contribution < -0.4 is 5.32 Å². The molecule has 0 spiro atoms. The molecule has 450 valence electrons. The highest BCUT2D eigenvalue weighted by Crippen LogP contribution is 2.23. The van der Waals surface area contributed by atoms with Crippen molar-refractivity contribution in [2.24, 2.45) is 0 Å². The highest BCUT2D eigenvalue weighted by Gasteiger charge is 2.44. The minimum atomic E-state index is -1.57. The lowest BCUT2D eigenvalue weighted by Gasteiger charge is -2.40. The fourth-order valence-electron chi connectivity index (χ4n) is 10.4. The van der Waals surface area contributed by atoms with E-state index in [0.29, 0.717) is 6.42 Å². The van der Waals surface area contributed by atoms with E-state index in [0.717, 1.165) is 64.2 Å². The molecule has 9 heteroatoms. The topological polar surface area (TPSA) is 149 Å². The van der Waals surface area contributed by atoms with Gasteiger partial charge in [0.15, 0.2) is 6.29 Å². The Labute approximate surface area is 475 Å². The Bertz CT molecular complexity index is 1400. The summed E-state index contributed by atoms with van der Waals surface area (Å²) in [7, 11) is 0. The SMILES string of the molecule is CC/C=C\C/C=C\C/C=C\C/C=C\CCCCCCCCCCCCCCC(=O)NC(COC1OC(CO)C(O)C(O)C1O)C(O)/C=C/CCCCCCCCCCCCCCCCCCCCCCCCCCCCC. The van der Waals surface area contributed by atoms with E-state index >= 15 is 0 Å². The predicted molar refractivity (Wildman–Crippen MR) is 327 cm³/mol. The quantitative estimate of drug-likeness (QED) is 0.0261. The van der Waals surface area contributed by atoms with Crippen molar-refractivity contribution in [3.63, 3.8) is 0 Å². The highest BCUT2D eigenvalue weighted by molar-refractivity contribution is 5.76. The Hall–Kier alpha value is -2.11. The summed E-state index contributed by atoms with van der Waals surface area (Å²) in [4.78, 5) is 13.1. The van der Waals surface area contributed by atoms with Crippen LogP contribution in [0.1, 0.15) is 309 Å². The van der Waals surface area contributed by atoms with Crippen LogP contribution in [0.25, 0.3) is 0 Å². The second kappa shape index (κ2) is 57.1. The zero-order valence-corrected chi connectivity index (χ0v) is 50.2. The van der Waals surface area contributed by atoms with Gasteiger partial charge in [0.05, 0.1) is 25.4 Å². The van der Waals surface area contributed by atoms with Gasteiger partial charge in [-0.2, -0.15) is 0 Å². The van der Waals surface area contributed by atoms with E-state index in [-0.39, 0.29) is 12.5 Å². The first-order valence-electron chi connectivity index (χ1n) is 33.0. The molecule has 1 amide bonds. The van der Waals surface area contributed by atoms with Crippen molar-refractivity contribution >= 4 is 5.91 Å². The third-order valence-electron chi connectivity index (χ3n) is 15.6. The number of aliphatic hydroxyl groups is 5. The maximum Gasteiger partial charge on any atom is 0.220 e. The minimum Gasteiger partial charge on any atom is -0.394 e. The van der Waals surface area contributed by atoms with Crippen LogP contribution in [0.4, 0.5) is 0 Å². The van der Waals surface area contributed by atoms with Crippen LogP contribution in [0, 0.1) is 0 Å². The number of allylic oxidation sites excluding steroid dienone is 9. The van der Waals surface area contributed by atoms with Crippen LogP contribution in [0.15, 0.2) is 60.8 Å². The maximum absolute atomic E-state index is 13.1. The average molecular weight is 1080 g/mol. The predicted octanol–water partition coefficient (Wildman–Crippen LogP) is 17.4. The Balaban J connectivity index is 2.16. The zero-order chi connectivity index (χ0) is 55.8. The monoisotopic (exact) mass is 1080 g/mol. The molecule has 77 heavy (non-hydrogen) atoms. The first-order chi connectivity index (χ1) is 37.8. The number of ether oxygens (including phenoxy) is 2. The van der Waals surface area contributed by atoms with Crippen LogP contribution in [-0.4, -0.2) is 87.5 Å². The number of nitrogens with one attached hydrogen (secondary N) is 1. The smallest absolute Gasteiger partial charge is 0.220 e. The molecule has 0 aromatic carbocycles. The summed E-state index contributed by atoms with van der Waals surface area (Å²) in [5, 5.41) is 54.7. The molecule has 1 heterocycles. The van der Waals surface area contributed by atoms with Gasteiger partial charge in [-0.05, 0) is 57.8 Å². The minimum absolute atomic E-state index is 0.177. The third kappa shape index (κ3) is 46.2. The largest absolute Gasteiger partial charge is 0.394 e. The molecule has 0 radical (unpaired) electrons. The molecule has 0 aromatic rings. The first kappa shape index (κ1) is 72.9. The van der Waals surface area contributed by atoms with Gasteiger partial charge >= 0.3 is 0 Å². The summed E-state index contributed by atoms with van der Waals surface area (Å²) < 4.78 is 11.3. The number of amides is 1. The molecular formula is C68H125NO8. The zero-order valence-electron chi connectivity index (χ0n) is 50.2. The molecule has 6 N–H and O–H groups in total. The molecule has 7 atom stereocenters. The van der Waals surface area contributed by atoms with Gasteiger partial charge in [0, 0.05) is 6.42 Å². The molecule has 0 bridgehead atoms. The Morgan fingerprint density at radius 1 is 0.455 bits per heavy atom. The number of aliphatic hydroxyl groups excluding tert-OH is 5. The summed E-state index contributed by atoms with van der Waals surface area (Å²) in [5.41, 5.74) is 0. The van der Waals surface area contributed by atoms with Gasteiger partial charge in [-0.15, -0.1) is 0 Å². The van der Waals surface area contributed by atoms with Gasteiger partial charge in [0.2, 0.25) is 5.91 Å². The van der Waals surface area contributed by atoms with Crippen LogP contribution >= 0.6 is 0 Å². The number of carbonyl (C=O) groups excluding carboxylic acids is 1. The van der Waals surface area contributed by atoms with E-state index in [4.69, 9.17) is 9.47 Å². The van der Waals surface area contributed by atoms with Crippen molar-refractivity contribution in [3.8, 4) is 0 Å². The molecule has 1 rings (SSSR count). The maximum atomic E-state index is 13.1. The molecule has 1 aliphatic rings. The number of rotatable bonds is 57. The standard InChI is InChI=1S/C68H125NO8/c1-3-5-7-9-11-13-15-17-19-21-23-25-27-29-30-31-32-34-35-37-39-41-43-45-47-49-51-53-55-57-62(71)61(60-76-68-67(75)66(74)65(73)63(59-70)77-68)69-64(72)58-56-54-52-50-48-46-44-42-40-38-36-33-28-26-24-22-20-18-16-14-12-10-8-6-4-2/h6,8,12,14,18,20,24,26,55,57,61-63,65-68,70-71,73-75H,3-5,7,9-11,13,15-17,19,21-23,25,27-54,56,58-60H2,1-2H3,(H,69,72)/b8-6-,14-12-,20-18-,26-24-,57-55+. The van der Waals surface area contributed by atoms with E-state index in [2.05, 4.69) is 67.8 Å². The van der Waals surface area contributed by atoms with Gasteiger partial charge < -0.3 is 40.3 Å². The normalized spacial score (nSPS) is 19.1. The van der Waals surface area contributed by atoms with E-state index in [1.807, 2.05) is 6.08 Å². The number of carbonyl (C=O) groups is 1. The lowest BCUT2D eigenvalue weighted by atomic mass is 9.99. The van der Waals surface area contributed by atoms with Gasteiger partial charge in [-0.3, -0.25) is 4.79 Å². The number of hydrogen-bond donors (Lipinski definition) is 6. The van der Waals surface area contributed by atoms with Crippen molar-refractivity contribution in [2.75, 3.05) is 13.2 Å². The number of unbranched alkanes of at least 4 members (excludes halogenated alkanes) is 39. The highest BCUT2D eigenvalue weighted by atomic mass is 16.7. The molecule has 7 unspecified atom stereocenters. The van der Waals surface area contributed by atoms with Gasteiger partial charge in [-0.1, -0.05) is 306 Å². The van der Waals surface area contributed by atoms with Gasteiger partial charge in [0.1, 0.15) is 24.4 Å². The molecule has 1 saturated heterocycles. The summed E-state index contributed by atoms with van der Waals surface area (Å²) in [6, 6.07) is -0.810. The van der Waals surface area contributed by atoms with Crippen LogP contribution in [0.2, 0.25) is 0 Å². The Morgan fingerprint density at radius 3 is 1.19 bits per heavy atom. The second-order valence-corrected chi connectivity index (χ2v) is 22.9. The average Bonchev–Trinajstić information content (AvgIpc) is 3.43. The van der Waals surface area contributed by atoms with E-state index in [9.17, 15) is 30.3 Å². The summed E-state index contributed by atoms with van der Waals surface area (Å²) in [6.45, 7) is 3.70. The van der Waals surface area contributed by atoms with Crippen molar-refractivity contribution < 1.29 is 39.8 Å². The van der Waals surface area contributed by atoms with Crippen LogP contribution in [-0.2, 0) is 14.3 Å². The van der Waals surface area contributed by atoms with Crippen LogP contribution in [0.3, 0.4) is 0 Å². The third-order valence-corrected chi connectivity index (χ3v) is 15.6. The molecule has 0 aliphatic carbocycles. The van der Waals surface area contributed by atoms with Gasteiger partial charge in [-0.25, -0.2) is 0 Å². The van der Waals surface area contributed by atoms with E-state index < -0.39 is 49.5 Å². The summed E-state index contributed by atoms with van der Waals surface area (Å²) >= 11 is 0. The van der Waals surface area contributed by atoms with E-state index in [1.54, 1.807) is 6.08 Å². The van der Waals surface area contributed by atoms with E-state index in [1.165, 1.54) is 225 Å². The molecule has 1 aliphatic heterocycles. The van der Waals surface area contributed by atoms with Crippen molar-refractivity contribution in [1.29, 1.82) is 0 Å². The van der Waals surface area contributed by atoms with Crippen LogP contribution in [0.5, 0.6) is 0 Å². The summed E-state index contributed by atoms with van der Waals surface area (Å²) in [6.07, 6.45) is 71.7. The molecular weight excluding hydrogens is 959 g/mol. The molecule has 0 saturated carbocycles. The van der Waals surface area contributed by atoms with Crippen molar-refractivity contribution in [1.82, 2.24) is 5.32 Å². The van der Waals surface area contributed by atoms with Crippen molar-refractivity contribution in [2.45, 2.75) is 352 Å². The second-order valence-electron chi connectivity index (χ2n) is 22.9. The fourth-order valence-corrected chi connectivity index (χ4v) is 10.4. The summed E-state index contributed by atoms with van der Waals surface area (Å²) in [5.74, 6) is -0.177. The van der Waals surface area contributed by atoms with Crippen molar-refractivity contribution in [3.05, 3.63) is 60.8 Å². The molecule has 0 aromatic heterocycles. The molecule has 9 nitrogen and oxygen atoms in total. The molecule has 1 fully saturated rings. The Morgan fingerprint density at radius 2 is 0.805 bits per heavy atom. The lowest BCUT2D eigenvalue weighted by Crippen LogP contribution is -2.60. The lowest BCUT2D eigenvalue weighted by molar-refractivity contribution is -0.302. The first-order valence-corrected chi connectivity index (χ1v) is 33.0. The fraction of sp³-hybridized carbons (Fsp3) is 0.838. The van der Waals surface area contributed by atoms with Gasteiger partial charge in [0.25, 0.3) is 0 Å². The number of hydrogen-bond acceptors (Lipinski definition) is 8. The Kier molecular flexibility index (Phi) is 54.1.